The van der Waals surface area contributed by atoms with Crippen LogP contribution >= 0.6 is 0 Å². The van der Waals surface area contributed by atoms with Gasteiger partial charge in [0.25, 0.3) is 0 Å². The fourth-order valence-corrected chi connectivity index (χ4v) is 2.12. The van der Waals surface area contributed by atoms with Crippen LogP contribution in [0.3, 0.4) is 0 Å². The van der Waals surface area contributed by atoms with Crippen molar-refractivity contribution < 1.29 is 9.47 Å². The second kappa shape index (κ2) is 3.98. The molecule has 0 saturated heterocycles. The Labute approximate surface area is 96.5 Å². The molecular weight excluding hydrogens is 202 g/mol. The van der Waals surface area contributed by atoms with Crippen molar-refractivity contribution in [3.8, 4) is 11.5 Å². The maximum absolute atomic E-state index is 6.03. The lowest BCUT2D eigenvalue weighted by Gasteiger charge is -2.19. The number of hydrogen-bond acceptors (Lipinski definition) is 3. The Bertz CT molecular complexity index is 394. The lowest BCUT2D eigenvalue weighted by atomic mass is 9.94. The topological polar surface area (TPSA) is 44.5 Å². The molecule has 3 nitrogen and oxygen atoms in total. The fourth-order valence-electron chi connectivity index (χ4n) is 2.12. The lowest BCUT2D eigenvalue weighted by Crippen LogP contribution is -2.34. The average molecular weight is 221 g/mol. The molecule has 1 aromatic carbocycles. The summed E-state index contributed by atoms with van der Waals surface area (Å²) in [4.78, 5) is 0. The first kappa shape index (κ1) is 11.3. The molecule has 0 unspecified atom stereocenters. The van der Waals surface area contributed by atoms with Gasteiger partial charge in [-0.2, -0.15) is 0 Å². The zero-order valence-corrected chi connectivity index (χ0v) is 10.2. The van der Waals surface area contributed by atoms with Gasteiger partial charge in [0.15, 0.2) is 11.5 Å². The minimum absolute atomic E-state index is 0.196. The van der Waals surface area contributed by atoms with Crippen LogP contribution < -0.4 is 15.2 Å². The van der Waals surface area contributed by atoms with Gasteiger partial charge in [0.2, 0.25) is 0 Å². The molecule has 0 spiro atoms. The summed E-state index contributed by atoms with van der Waals surface area (Å²) in [7, 11) is 1.68. The molecule has 0 radical (unpaired) electrons. The Morgan fingerprint density at radius 2 is 2.19 bits per heavy atom. The Hall–Kier alpha value is -1.22. The van der Waals surface area contributed by atoms with Crippen LogP contribution in [0, 0.1) is 0 Å². The molecule has 0 aromatic heterocycles. The first-order chi connectivity index (χ1) is 7.49. The molecule has 0 aliphatic carbocycles. The number of ether oxygens (including phenoxy) is 2. The van der Waals surface area contributed by atoms with E-state index in [1.807, 2.05) is 19.9 Å². The fraction of sp³-hybridized carbons (Fsp3) is 0.538. The van der Waals surface area contributed by atoms with E-state index < -0.39 is 0 Å². The SMILES string of the molecule is COc1cc(CC(C)(C)N)cc2c1OCC2. The number of nitrogens with two attached hydrogens (primary N) is 1. The van der Waals surface area contributed by atoms with E-state index in [1.165, 1.54) is 11.1 Å². The number of rotatable bonds is 3. The molecule has 0 amide bonds. The Kier molecular flexibility index (Phi) is 2.80. The van der Waals surface area contributed by atoms with Gasteiger partial charge in [-0.05, 0) is 31.9 Å². The summed E-state index contributed by atoms with van der Waals surface area (Å²) in [6.45, 7) is 4.81. The molecular formula is C13H19NO2. The number of fused-ring (bicyclic) bond motifs is 1. The monoisotopic (exact) mass is 221 g/mol. The third kappa shape index (κ3) is 2.30. The van der Waals surface area contributed by atoms with Gasteiger partial charge in [-0.1, -0.05) is 6.07 Å². The van der Waals surface area contributed by atoms with Crippen LogP contribution in [0.15, 0.2) is 12.1 Å². The highest BCUT2D eigenvalue weighted by Crippen LogP contribution is 2.37. The maximum atomic E-state index is 6.03. The van der Waals surface area contributed by atoms with Crippen LogP contribution in [-0.4, -0.2) is 19.3 Å². The van der Waals surface area contributed by atoms with Crippen molar-refractivity contribution in [2.45, 2.75) is 32.2 Å². The van der Waals surface area contributed by atoms with Gasteiger partial charge < -0.3 is 15.2 Å². The molecule has 1 aliphatic heterocycles. The van der Waals surface area contributed by atoms with E-state index >= 15 is 0 Å². The van der Waals surface area contributed by atoms with Gasteiger partial charge in [-0.15, -0.1) is 0 Å². The molecule has 3 heteroatoms. The van der Waals surface area contributed by atoms with Crippen LogP contribution in [0.4, 0.5) is 0 Å². The summed E-state index contributed by atoms with van der Waals surface area (Å²) in [6, 6.07) is 4.21. The van der Waals surface area contributed by atoms with Gasteiger partial charge in [0.05, 0.1) is 13.7 Å². The van der Waals surface area contributed by atoms with Crippen molar-refractivity contribution in [1.82, 2.24) is 0 Å². The van der Waals surface area contributed by atoms with Crippen molar-refractivity contribution in [3.63, 3.8) is 0 Å². The lowest BCUT2D eigenvalue weighted by molar-refractivity contribution is 0.326. The molecule has 1 heterocycles. The summed E-state index contributed by atoms with van der Waals surface area (Å²) in [5.41, 5.74) is 8.29. The molecule has 0 atom stereocenters. The van der Waals surface area contributed by atoms with E-state index in [-0.39, 0.29) is 5.54 Å². The molecule has 0 saturated carbocycles. The largest absolute Gasteiger partial charge is 0.493 e. The Morgan fingerprint density at radius 3 is 2.81 bits per heavy atom. The molecule has 0 bridgehead atoms. The molecule has 2 rings (SSSR count). The van der Waals surface area contributed by atoms with Crippen molar-refractivity contribution in [1.29, 1.82) is 0 Å². The molecule has 1 aromatic rings. The average Bonchev–Trinajstić information content (AvgIpc) is 2.61. The summed E-state index contributed by atoms with van der Waals surface area (Å²) >= 11 is 0. The van der Waals surface area contributed by atoms with Crippen LogP contribution in [0.5, 0.6) is 11.5 Å². The van der Waals surface area contributed by atoms with Gasteiger partial charge in [0.1, 0.15) is 0 Å². The quantitative estimate of drug-likeness (QED) is 0.848. The summed E-state index contributed by atoms with van der Waals surface area (Å²) in [5.74, 6) is 1.73. The number of hydrogen-bond donors (Lipinski definition) is 1. The van der Waals surface area contributed by atoms with E-state index in [4.69, 9.17) is 15.2 Å². The smallest absolute Gasteiger partial charge is 0.164 e. The van der Waals surface area contributed by atoms with Crippen molar-refractivity contribution >= 4 is 0 Å². The van der Waals surface area contributed by atoms with Crippen LogP contribution in [0.2, 0.25) is 0 Å². The van der Waals surface area contributed by atoms with Crippen molar-refractivity contribution in [2.75, 3.05) is 13.7 Å². The molecule has 1 aliphatic rings. The molecule has 2 N–H and O–H groups in total. The first-order valence-electron chi connectivity index (χ1n) is 5.61. The zero-order valence-electron chi connectivity index (χ0n) is 10.2. The number of methoxy groups -OCH3 is 1. The Morgan fingerprint density at radius 1 is 1.44 bits per heavy atom. The van der Waals surface area contributed by atoms with E-state index in [9.17, 15) is 0 Å². The standard InChI is InChI=1S/C13H19NO2/c1-13(2,14)8-9-6-10-4-5-16-12(10)11(7-9)15-3/h6-7H,4-5,8,14H2,1-3H3. The number of benzene rings is 1. The Balaban J connectivity index is 2.35. The minimum atomic E-state index is -0.196. The molecule has 0 fully saturated rings. The summed E-state index contributed by atoms with van der Waals surface area (Å²) < 4.78 is 10.9. The minimum Gasteiger partial charge on any atom is -0.493 e. The second-order valence-electron chi connectivity index (χ2n) is 5.05. The predicted molar refractivity (Wildman–Crippen MR) is 64.2 cm³/mol. The summed E-state index contributed by atoms with van der Waals surface area (Å²) in [5, 5.41) is 0. The zero-order chi connectivity index (χ0) is 11.8. The van der Waals surface area contributed by atoms with Gasteiger partial charge >= 0.3 is 0 Å². The summed E-state index contributed by atoms with van der Waals surface area (Å²) in [6.07, 6.45) is 1.81. The van der Waals surface area contributed by atoms with Crippen LogP contribution in [0.25, 0.3) is 0 Å². The van der Waals surface area contributed by atoms with Gasteiger partial charge in [-0.25, -0.2) is 0 Å². The van der Waals surface area contributed by atoms with Crippen molar-refractivity contribution in [3.05, 3.63) is 23.3 Å². The molecule has 16 heavy (non-hydrogen) atoms. The van der Waals surface area contributed by atoms with E-state index in [1.54, 1.807) is 7.11 Å². The van der Waals surface area contributed by atoms with Crippen LogP contribution in [-0.2, 0) is 12.8 Å². The predicted octanol–water partition coefficient (Wildman–Crippen LogP) is 1.91. The highest BCUT2D eigenvalue weighted by Gasteiger charge is 2.20. The molecule has 88 valence electrons. The van der Waals surface area contributed by atoms with E-state index in [2.05, 4.69) is 6.07 Å². The van der Waals surface area contributed by atoms with E-state index in [0.717, 1.165) is 30.9 Å². The van der Waals surface area contributed by atoms with Crippen LogP contribution in [0.1, 0.15) is 25.0 Å². The normalized spacial score (nSPS) is 14.5. The first-order valence-corrected chi connectivity index (χ1v) is 5.61. The third-order valence-electron chi connectivity index (χ3n) is 2.69. The van der Waals surface area contributed by atoms with E-state index in [0.29, 0.717) is 0 Å². The second-order valence-corrected chi connectivity index (χ2v) is 5.05. The van der Waals surface area contributed by atoms with Crippen molar-refractivity contribution in [2.24, 2.45) is 5.73 Å². The van der Waals surface area contributed by atoms with Gasteiger partial charge in [-0.3, -0.25) is 0 Å². The third-order valence-corrected chi connectivity index (χ3v) is 2.69. The highest BCUT2D eigenvalue weighted by molar-refractivity contribution is 5.51. The highest BCUT2D eigenvalue weighted by atomic mass is 16.5. The van der Waals surface area contributed by atoms with Gasteiger partial charge in [0, 0.05) is 17.5 Å². The maximum Gasteiger partial charge on any atom is 0.164 e.